The highest BCUT2D eigenvalue weighted by molar-refractivity contribution is 6.07. The second-order valence-electron chi connectivity index (χ2n) is 7.20. The van der Waals surface area contributed by atoms with Crippen LogP contribution in [0.5, 0.6) is 0 Å². The van der Waals surface area contributed by atoms with Gasteiger partial charge in [0.2, 0.25) is 11.8 Å². The molecule has 2 heterocycles. The summed E-state index contributed by atoms with van der Waals surface area (Å²) in [5.41, 5.74) is 0.997. The van der Waals surface area contributed by atoms with Crippen LogP contribution in [-0.2, 0) is 15.0 Å². The Kier molecular flexibility index (Phi) is 3.56. The zero-order valence-corrected chi connectivity index (χ0v) is 13.6. The lowest BCUT2D eigenvalue weighted by molar-refractivity contribution is -0.137. The number of rotatable bonds is 1. The van der Waals surface area contributed by atoms with Crippen molar-refractivity contribution in [3.8, 4) is 0 Å². The lowest BCUT2D eigenvalue weighted by Gasteiger charge is -2.27. The summed E-state index contributed by atoms with van der Waals surface area (Å²) >= 11 is 0. The van der Waals surface area contributed by atoms with E-state index in [0.29, 0.717) is 13.0 Å². The van der Waals surface area contributed by atoms with Gasteiger partial charge in [-0.25, -0.2) is 6.57 Å². The molecule has 5 heteroatoms. The number of amides is 2. The van der Waals surface area contributed by atoms with Crippen molar-refractivity contribution in [1.29, 1.82) is 0 Å². The lowest BCUT2D eigenvalue weighted by atomic mass is 9.80. The van der Waals surface area contributed by atoms with E-state index in [9.17, 15) is 9.59 Å². The van der Waals surface area contributed by atoms with Crippen molar-refractivity contribution < 1.29 is 9.59 Å². The summed E-state index contributed by atoms with van der Waals surface area (Å²) in [6.07, 6.45) is 5.05. The molecule has 0 bridgehead atoms. The summed E-state index contributed by atoms with van der Waals surface area (Å²) < 4.78 is 0. The van der Waals surface area contributed by atoms with Crippen LogP contribution in [0.2, 0.25) is 0 Å². The number of fused-ring (bicyclic) bond motifs is 2. The maximum Gasteiger partial charge on any atom is 0.302 e. The van der Waals surface area contributed by atoms with Crippen molar-refractivity contribution in [2.45, 2.75) is 50.1 Å². The van der Waals surface area contributed by atoms with Crippen molar-refractivity contribution in [3.63, 3.8) is 0 Å². The highest BCUT2D eigenvalue weighted by Crippen LogP contribution is 2.47. The second-order valence-corrected chi connectivity index (χ2v) is 7.20. The van der Waals surface area contributed by atoms with Gasteiger partial charge in [-0.2, -0.15) is 0 Å². The van der Waals surface area contributed by atoms with E-state index in [1.54, 1.807) is 4.90 Å². The van der Waals surface area contributed by atoms with Crippen LogP contribution in [0.3, 0.4) is 0 Å². The molecular formula is C19H21N3O2. The summed E-state index contributed by atoms with van der Waals surface area (Å²) in [6, 6.07) is 7.65. The molecule has 2 aliphatic heterocycles. The molecule has 4 rings (SSSR count). The molecule has 2 fully saturated rings. The molecule has 3 aliphatic rings. The predicted molar refractivity (Wildman–Crippen MR) is 90.0 cm³/mol. The molecule has 1 aromatic carbocycles. The first-order chi connectivity index (χ1) is 11.7. The van der Waals surface area contributed by atoms with E-state index in [1.165, 1.54) is 6.42 Å². The number of likely N-dealkylation sites (tertiary alicyclic amines) is 1. The van der Waals surface area contributed by atoms with Gasteiger partial charge in [-0.15, -0.1) is 0 Å². The fraction of sp³-hybridized carbons (Fsp3) is 0.526. The van der Waals surface area contributed by atoms with Gasteiger partial charge < -0.3 is 5.32 Å². The Hall–Kier alpha value is -2.35. The van der Waals surface area contributed by atoms with Crippen LogP contribution < -0.4 is 5.32 Å². The van der Waals surface area contributed by atoms with Gasteiger partial charge in [-0.05, 0) is 24.5 Å². The molecule has 1 N–H and O–H groups in total. The quantitative estimate of drug-likeness (QED) is 0.808. The first-order valence-electron chi connectivity index (χ1n) is 8.74. The number of hydrogen-bond acceptors (Lipinski definition) is 2. The van der Waals surface area contributed by atoms with Crippen LogP contribution in [0, 0.1) is 12.5 Å². The normalized spacial score (nSPS) is 29.4. The van der Waals surface area contributed by atoms with Crippen molar-refractivity contribution >= 4 is 17.5 Å². The zero-order chi connectivity index (χ0) is 16.7. The molecule has 1 saturated heterocycles. The van der Waals surface area contributed by atoms with Gasteiger partial charge in [0, 0.05) is 18.2 Å². The van der Waals surface area contributed by atoms with E-state index in [-0.39, 0.29) is 17.7 Å². The largest absolute Gasteiger partial charge is 0.325 e. The minimum atomic E-state index is -0.754. The summed E-state index contributed by atoms with van der Waals surface area (Å²) in [5.74, 6) is 0.0268. The highest BCUT2D eigenvalue weighted by Gasteiger charge is 2.58. The Labute approximate surface area is 141 Å². The molecule has 0 radical (unpaired) electrons. The van der Waals surface area contributed by atoms with Crippen LogP contribution in [0.15, 0.2) is 24.3 Å². The Morgan fingerprint density at radius 3 is 2.75 bits per heavy atom. The molecule has 0 unspecified atom stereocenters. The number of benzene rings is 1. The Balaban J connectivity index is 1.66. The predicted octanol–water partition coefficient (Wildman–Crippen LogP) is 2.93. The van der Waals surface area contributed by atoms with Crippen molar-refractivity contribution in [3.05, 3.63) is 41.2 Å². The summed E-state index contributed by atoms with van der Waals surface area (Å²) in [7, 11) is 0. The SMILES string of the molecule is [C-]#[N+][C@@H]1C[C@@]2(CN1C(=O)C1CCCCC1)C(=O)Nc1ccccc12. The summed E-state index contributed by atoms with van der Waals surface area (Å²) in [5, 5.41) is 2.93. The third-order valence-corrected chi connectivity index (χ3v) is 5.84. The van der Waals surface area contributed by atoms with Crippen molar-refractivity contribution in [1.82, 2.24) is 4.90 Å². The monoisotopic (exact) mass is 323 g/mol. The molecule has 124 valence electrons. The number of carbonyl (C=O) groups excluding carboxylic acids is 2. The Morgan fingerprint density at radius 2 is 2.00 bits per heavy atom. The molecule has 1 aliphatic carbocycles. The van der Waals surface area contributed by atoms with Gasteiger partial charge in [0.25, 0.3) is 0 Å². The van der Waals surface area contributed by atoms with Gasteiger partial charge >= 0.3 is 6.17 Å². The molecule has 24 heavy (non-hydrogen) atoms. The first kappa shape index (κ1) is 15.2. The number of carbonyl (C=O) groups is 2. The van der Waals surface area contributed by atoms with Crippen LogP contribution in [-0.4, -0.2) is 29.4 Å². The smallest absolute Gasteiger partial charge is 0.302 e. The van der Waals surface area contributed by atoms with E-state index in [2.05, 4.69) is 10.2 Å². The second kappa shape index (κ2) is 5.62. The highest BCUT2D eigenvalue weighted by atomic mass is 16.2. The van der Waals surface area contributed by atoms with Gasteiger partial charge in [0.05, 0.1) is 6.42 Å². The van der Waals surface area contributed by atoms with Crippen LogP contribution in [0.25, 0.3) is 4.85 Å². The van der Waals surface area contributed by atoms with E-state index in [4.69, 9.17) is 6.57 Å². The number of nitrogens with one attached hydrogen (secondary N) is 1. The maximum absolute atomic E-state index is 13.0. The lowest BCUT2D eigenvalue weighted by Crippen LogP contribution is -2.42. The molecule has 0 aromatic heterocycles. The fourth-order valence-electron chi connectivity index (χ4n) is 4.54. The van der Waals surface area contributed by atoms with E-state index in [0.717, 1.165) is 36.9 Å². The van der Waals surface area contributed by atoms with Gasteiger partial charge in [0.1, 0.15) is 5.41 Å². The molecule has 5 nitrogen and oxygen atoms in total. The van der Waals surface area contributed by atoms with E-state index in [1.807, 2.05) is 24.3 Å². The minimum Gasteiger partial charge on any atom is -0.325 e. The van der Waals surface area contributed by atoms with Gasteiger partial charge in [0.15, 0.2) is 0 Å². The number of para-hydroxylation sites is 1. The van der Waals surface area contributed by atoms with Crippen molar-refractivity contribution in [2.24, 2.45) is 5.92 Å². The molecule has 2 amide bonds. The molecule has 1 spiro atoms. The van der Waals surface area contributed by atoms with E-state index >= 15 is 0 Å². The first-order valence-corrected chi connectivity index (χ1v) is 8.74. The molecular weight excluding hydrogens is 302 g/mol. The third-order valence-electron chi connectivity index (χ3n) is 5.84. The number of hydrogen-bond donors (Lipinski definition) is 1. The minimum absolute atomic E-state index is 0.0258. The van der Waals surface area contributed by atoms with Crippen LogP contribution >= 0.6 is 0 Å². The van der Waals surface area contributed by atoms with Crippen LogP contribution in [0.1, 0.15) is 44.1 Å². The Morgan fingerprint density at radius 1 is 1.25 bits per heavy atom. The Bertz CT molecular complexity index is 732. The molecule has 1 saturated carbocycles. The zero-order valence-electron chi connectivity index (χ0n) is 13.6. The summed E-state index contributed by atoms with van der Waals surface area (Å²) in [4.78, 5) is 31.1. The van der Waals surface area contributed by atoms with E-state index < -0.39 is 11.6 Å². The van der Waals surface area contributed by atoms with Crippen LogP contribution in [0.4, 0.5) is 5.69 Å². The van der Waals surface area contributed by atoms with Gasteiger partial charge in [-0.3, -0.25) is 19.3 Å². The average Bonchev–Trinajstić information content (AvgIpc) is 3.15. The number of anilines is 1. The van der Waals surface area contributed by atoms with Crippen molar-refractivity contribution in [2.75, 3.05) is 11.9 Å². The molecule has 2 atom stereocenters. The topological polar surface area (TPSA) is 53.8 Å². The third kappa shape index (κ3) is 2.13. The summed E-state index contributed by atoms with van der Waals surface area (Å²) in [6.45, 7) is 7.87. The van der Waals surface area contributed by atoms with Gasteiger partial charge in [-0.1, -0.05) is 37.5 Å². The number of nitrogens with zero attached hydrogens (tertiary/aromatic N) is 2. The standard InChI is InChI=1S/C19H21N3O2/c1-20-16-11-19(14-9-5-6-10-15(14)21-18(19)24)12-22(16)17(23)13-7-3-2-4-8-13/h5-6,9-10,13,16H,2-4,7-8,11-12H2,(H,21,24)/t16-,19-/m0/s1. The average molecular weight is 323 g/mol. The molecule has 1 aromatic rings. The maximum atomic E-state index is 13.0. The fourth-order valence-corrected chi connectivity index (χ4v) is 4.54.